The number of carbonyl (C=O) groups excluding carboxylic acids is 1. The van der Waals surface area contributed by atoms with Crippen LogP contribution in [0, 0.1) is 0 Å². The summed E-state index contributed by atoms with van der Waals surface area (Å²) < 4.78 is 1.91. The van der Waals surface area contributed by atoms with E-state index in [1.807, 2.05) is 34.0 Å². The predicted octanol–water partition coefficient (Wildman–Crippen LogP) is 2.70. The summed E-state index contributed by atoms with van der Waals surface area (Å²) in [7, 11) is 0. The van der Waals surface area contributed by atoms with Crippen LogP contribution in [0.15, 0.2) is 42.7 Å². The van der Waals surface area contributed by atoms with Gasteiger partial charge < -0.3 is 10.2 Å². The van der Waals surface area contributed by atoms with Crippen LogP contribution in [0.1, 0.15) is 36.8 Å². The van der Waals surface area contributed by atoms with Crippen molar-refractivity contribution in [3.8, 4) is 0 Å². The van der Waals surface area contributed by atoms with Gasteiger partial charge in [0.05, 0.1) is 6.54 Å². The molecule has 0 atom stereocenters. The van der Waals surface area contributed by atoms with Crippen molar-refractivity contribution in [2.45, 2.75) is 44.8 Å². The van der Waals surface area contributed by atoms with Crippen LogP contribution in [0.3, 0.4) is 0 Å². The third-order valence-electron chi connectivity index (χ3n) is 5.88. The zero-order valence-electron chi connectivity index (χ0n) is 15.9. The van der Waals surface area contributed by atoms with Gasteiger partial charge in [-0.05, 0) is 30.0 Å². The Balaban J connectivity index is 1.28. The molecule has 2 heterocycles. The fourth-order valence-electron chi connectivity index (χ4n) is 4.29. The average Bonchev–Trinajstić information content (AvgIpc) is 3.41. The van der Waals surface area contributed by atoms with Crippen LogP contribution in [0.2, 0.25) is 0 Å². The van der Waals surface area contributed by atoms with Gasteiger partial charge in [-0.2, -0.15) is 5.10 Å². The van der Waals surface area contributed by atoms with Crippen LogP contribution in [0.4, 0.5) is 4.79 Å². The van der Waals surface area contributed by atoms with E-state index in [0.717, 1.165) is 44.3 Å². The summed E-state index contributed by atoms with van der Waals surface area (Å²) in [5, 5.41) is 7.39. The smallest absolute Gasteiger partial charge is 0.317 e. The molecule has 2 amide bonds. The maximum absolute atomic E-state index is 12.6. The quantitative estimate of drug-likeness (QED) is 0.884. The second kappa shape index (κ2) is 8.57. The van der Waals surface area contributed by atoms with Gasteiger partial charge in [-0.25, -0.2) is 4.79 Å². The Bertz CT molecular complexity index is 731. The molecule has 0 unspecified atom stereocenters. The van der Waals surface area contributed by atoms with Gasteiger partial charge in [0, 0.05) is 51.2 Å². The number of amides is 2. The first-order valence-electron chi connectivity index (χ1n) is 10.1. The minimum Gasteiger partial charge on any atom is -0.334 e. The average molecular weight is 367 g/mol. The number of benzene rings is 1. The molecular formula is C21H29N5O. The molecule has 2 aliphatic rings. The van der Waals surface area contributed by atoms with Crippen molar-refractivity contribution in [1.82, 2.24) is 24.9 Å². The molecule has 1 aromatic carbocycles. The summed E-state index contributed by atoms with van der Waals surface area (Å²) in [6, 6.07) is 11.0. The molecule has 2 fully saturated rings. The van der Waals surface area contributed by atoms with Crippen molar-refractivity contribution in [2.24, 2.45) is 0 Å². The van der Waals surface area contributed by atoms with Crippen LogP contribution >= 0.6 is 0 Å². The van der Waals surface area contributed by atoms with Gasteiger partial charge >= 0.3 is 6.03 Å². The van der Waals surface area contributed by atoms with E-state index in [9.17, 15) is 4.79 Å². The van der Waals surface area contributed by atoms with Gasteiger partial charge in [0.2, 0.25) is 0 Å². The number of rotatable bonds is 5. The molecule has 27 heavy (non-hydrogen) atoms. The van der Waals surface area contributed by atoms with Gasteiger partial charge in [-0.15, -0.1) is 0 Å². The molecule has 6 nitrogen and oxygen atoms in total. The summed E-state index contributed by atoms with van der Waals surface area (Å²) in [5.74, 6) is 0. The zero-order chi connectivity index (χ0) is 18.5. The molecule has 1 aliphatic heterocycles. The standard InChI is InChI=1S/C21H29N5O/c27-21(25-14-12-24(13-15-25)20-8-3-4-9-20)22-16-18-6-1-2-7-19(18)17-26-11-5-10-23-26/h1-2,5-7,10-11,20H,3-4,8-9,12-17H2,(H,22,27). The molecule has 1 aliphatic carbocycles. The maximum atomic E-state index is 12.6. The molecule has 6 heteroatoms. The van der Waals surface area contributed by atoms with Crippen LogP contribution in [0.5, 0.6) is 0 Å². The van der Waals surface area contributed by atoms with Gasteiger partial charge in [0.25, 0.3) is 0 Å². The number of nitrogens with zero attached hydrogens (tertiary/aromatic N) is 4. The zero-order valence-corrected chi connectivity index (χ0v) is 15.9. The third-order valence-corrected chi connectivity index (χ3v) is 5.88. The van der Waals surface area contributed by atoms with Gasteiger partial charge in [-0.3, -0.25) is 9.58 Å². The molecule has 144 valence electrons. The van der Waals surface area contributed by atoms with Crippen molar-refractivity contribution < 1.29 is 4.79 Å². The van der Waals surface area contributed by atoms with E-state index in [0.29, 0.717) is 6.54 Å². The minimum atomic E-state index is 0.0509. The Kier molecular flexibility index (Phi) is 5.72. The first-order chi connectivity index (χ1) is 13.3. The lowest BCUT2D eigenvalue weighted by Crippen LogP contribution is -2.53. The Hall–Kier alpha value is -2.34. The highest BCUT2D eigenvalue weighted by atomic mass is 16.2. The van der Waals surface area contributed by atoms with Crippen molar-refractivity contribution in [3.63, 3.8) is 0 Å². The fourth-order valence-corrected chi connectivity index (χ4v) is 4.29. The largest absolute Gasteiger partial charge is 0.334 e. The molecule has 1 saturated carbocycles. The number of hydrogen-bond donors (Lipinski definition) is 1. The summed E-state index contributed by atoms with van der Waals surface area (Å²) in [4.78, 5) is 17.1. The third kappa shape index (κ3) is 4.50. The molecule has 1 aromatic heterocycles. The molecule has 0 spiro atoms. The number of aromatic nitrogens is 2. The lowest BCUT2D eigenvalue weighted by molar-refractivity contribution is 0.109. The van der Waals surface area contributed by atoms with E-state index >= 15 is 0 Å². The lowest BCUT2D eigenvalue weighted by Gasteiger charge is -2.38. The van der Waals surface area contributed by atoms with Crippen LogP contribution < -0.4 is 5.32 Å². The molecule has 1 N–H and O–H groups in total. The highest BCUT2D eigenvalue weighted by Crippen LogP contribution is 2.24. The van der Waals surface area contributed by atoms with Crippen molar-refractivity contribution >= 4 is 6.03 Å². The van der Waals surface area contributed by atoms with E-state index in [2.05, 4.69) is 27.4 Å². The van der Waals surface area contributed by atoms with Crippen molar-refractivity contribution in [1.29, 1.82) is 0 Å². The van der Waals surface area contributed by atoms with Crippen LogP contribution in [0.25, 0.3) is 0 Å². The van der Waals surface area contributed by atoms with E-state index in [4.69, 9.17) is 0 Å². The minimum absolute atomic E-state index is 0.0509. The SMILES string of the molecule is O=C(NCc1ccccc1Cn1cccn1)N1CCN(C2CCCC2)CC1. The van der Waals surface area contributed by atoms with E-state index < -0.39 is 0 Å². The monoisotopic (exact) mass is 367 g/mol. The number of hydrogen-bond acceptors (Lipinski definition) is 3. The number of carbonyl (C=O) groups is 1. The van der Waals surface area contributed by atoms with Gasteiger partial charge in [0.1, 0.15) is 0 Å². The number of nitrogens with one attached hydrogen (secondary N) is 1. The highest BCUT2D eigenvalue weighted by molar-refractivity contribution is 5.74. The summed E-state index contributed by atoms with van der Waals surface area (Å²) in [6.07, 6.45) is 9.14. The summed E-state index contributed by atoms with van der Waals surface area (Å²) in [5.41, 5.74) is 2.33. The first-order valence-corrected chi connectivity index (χ1v) is 10.1. The van der Waals surface area contributed by atoms with Crippen molar-refractivity contribution in [3.05, 3.63) is 53.9 Å². The van der Waals surface area contributed by atoms with Crippen LogP contribution in [-0.2, 0) is 13.1 Å². The normalized spacial score (nSPS) is 18.7. The molecule has 2 aromatic rings. The Morgan fingerprint density at radius 1 is 1.04 bits per heavy atom. The van der Waals surface area contributed by atoms with Crippen molar-refractivity contribution in [2.75, 3.05) is 26.2 Å². The number of piperazine rings is 1. The molecule has 4 rings (SSSR count). The second-order valence-corrected chi connectivity index (χ2v) is 7.59. The highest BCUT2D eigenvalue weighted by Gasteiger charge is 2.27. The van der Waals surface area contributed by atoms with E-state index in [1.54, 1.807) is 6.20 Å². The van der Waals surface area contributed by atoms with Gasteiger partial charge in [-0.1, -0.05) is 37.1 Å². The van der Waals surface area contributed by atoms with E-state index in [-0.39, 0.29) is 6.03 Å². The maximum Gasteiger partial charge on any atom is 0.317 e. The van der Waals surface area contributed by atoms with Crippen LogP contribution in [-0.4, -0.2) is 57.8 Å². The van der Waals surface area contributed by atoms with E-state index in [1.165, 1.54) is 31.2 Å². The molecular weight excluding hydrogens is 338 g/mol. The molecule has 0 radical (unpaired) electrons. The van der Waals surface area contributed by atoms with Gasteiger partial charge in [0.15, 0.2) is 0 Å². The lowest BCUT2D eigenvalue weighted by atomic mass is 10.1. The Labute approximate surface area is 161 Å². The second-order valence-electron chi connectivity index (χ2n) is 7.59. The summed E-state index contributed by atoms with van der Waals surface area (Å²) >= 11 is 0. The Morgan fingerprint density at radius 3 is 2.48 bits per heavy atom. The summed E-state index contributed by atoms with van der Waals surface area (Å²) in [6.45, 7) is 4.95. The predicted molar refractivity (Wildman–Crippen MR) is 105 cm³/mol. The fraction of sp³-hybridized carbons (Fsp3) is 0.524. The number of urea groups is 1. The topological polar surface area (TPSA) is 53.4 Å². The first kappa shape index (κ1) is 18.0. The molecule has 1 saturated heterocycles. The Morgan fingerprint density at radius 2 is 1.78 bits per heavy atom. The molecule has 0 bridgehead atoms.